The van der Waals surface area contributed by atoms with Gasteiger partial charge in [0.05, 0.1) is 0 Å². The average Bonchev–Trinajstić information content (AvgIpc) is 2.24. The standard InChI is InChI=1S/C11H9BrF5NO/c1-5-3-7(4-6(2)8(5)12)18-9(19)10(13,14)11(15,16)17/h3-4H,1-2H3,(H,18,19). The summed E-state index contributed by atoms with van der Waals surface area (Å²) >= 11 is 3.21. The van der Waals surface area contributed by atoms with Crippen molar-refractivity contribution in [1.82, 2.24) is 0 Å². The second-order valence-corrected chi connectivity index (χ2v) is 4.74. The Morgan fingerprint density at radius 1 is 1.11 bits per heavy atom. The van der Waals surface area contributed by atoms with E-state index >= 15 is 0 Å². The highest BCUT2D eigenvalue weighted by Gasteiger charge is 2.63. The average molecular weight is 346 g/mol. The molecule has 19 heavy (non-hydrogen) atoms. The normalized spacial score (nSPS) is 12.4. The highest BCUT2D eigenvalue weighted by atomic mass is 79.9. The number of hydrogen-bond acceptors (Lipinski definition) is 1. The van der Waals surface area contributed by atoms with Crippen LogP contribution in [0.25, 0.3) is 0 Å². The number of hydrogen-bond donors (Lipinski definition) is 1. The summed E-state index contributed by atoms with van der Waals surface area (Å²) in [6.45, 7) is 3.24. The van der Waals surface area contributed by atoms with Gasteiger partial charge in [-0.3, -0.25) is 4.79 Å². The van der Waals surface area contributed by atoms with Crippen LogP contribution in [0.3, 0.4) is 0 Å². The molecule has 1 rings (SSSR count). The smallest absolute Gasteiger partial charge is 0.321 e. The number of carbonyl (C=O) groups excluding carboxylic acids is 1. The highest BCUT2D eigenvalue weighted by Crippen LogP contribution is 2.36. The monoisotopic (exact) mass is 345 g/mol. The molecule has 0 atom stereocenters. The van der Waals surface area contributed by atoms with Crippen LogP contribution in [0.1, 0.15) is 11.1 Å². The minimum Gasteiger partial charge on any atom is -0.321 e. The van der Waals surface area contributed by atoms with Gasteiger partial charge in [-0.25, -0.2) is 0 Å². The van der Waals surface area contributed by atoms with Crippen molar-refractivity contribution in [2.24, 2.45) is 0 Å². The second kappa shape index (κ2) is 5.07. The Kier molecular flexibility index (Phi) is 4.23. The first-order valence-electron chi connectivity index (χ1n) is 4.99. The molecule has 0 aromatic heterocycles. The Balaban J connectivity index is 3.02. The van der Waals surface area contributed by atoms with Crippen LogP contribution in [0.2, 0.25) is 0 Å². The van der Waals surface area contributed by atoms with Gasteiger partial charge in [0, 0.05) is 10.2 Å². The molecule has 2 nitrogen and oxygen atoms in total. The molecule has 0 radical (unpaired) electrons. The SMILES string of the molecule is Cc1cc(NC(=O)C(F)(F)C(F)(F)F)cc(C)c1Br. The third-order valence-electron chi connectivity index (χ3n) is 2.34. The van der Waals surface area contributed by atoms with E-state index in [0.717, 1.165) is 0 Å². The van der Waals surface area contributed by atoms with Crippen molar-refractivity contribution in [3.8, 4) is 0 Å². The molecular weight excluding hydrogens is 337 g/mol. The van der Waals surface area contributed by atoms with Crippen LogP contribution in [-0.4, -0.2) is 18.0 Å². The number of alkyl halides is 5. The predicted octanol–water partition coefficient (Wildman–Crippen LogP) is 4.20. The lowest BCUT2D eigenvalue weighted by molar-refractivity contribution is -0.267. The Hall–Kier alpha value is -1.18. The number of aryl methyl sites for hydroxylation is 2. The Bertz CT molecular complexity index is 489. The maximum Gasteiger partial charge on any atom is 0.463 e. The number of anilines is 1. The number of carbonyl (C=O) groups is 1. The highest BCUT2D eigenvalue weighted by molar-refractivity contribution is 9.10. The molecule has 0 aliphatic carbocycles. The van der Waals surface area contributed by atoms with Crippen molar-refractivity contribution >= 4 is 27.5 Å². The van der Waals surface area contributed by atoms with E-state index in [2.05, 4.69) is 15.9 Å². The molecule has 1 aromatic carbocycles. The van der Waals surface area contributed by atoms with Crippen molar-refractivity contribution < 1.29 is 26.7 Å². The van der Waals surface area contributed by atoms with Gasteiger partial charge in [-0.1, -0.05) is 15.9 Å². The lowest BCUT2D eigenvalue weighted by Crippen LogP contribution is -2.47. The van der Waals surface area contributed by atoms with Gasteiger partial charge in [-0.15, -0.1) is 0 Å². The molecule has 1 amide bonds. The Morgan fingerprint density at radius 2 is 1.53 bits per heavy atom. The summed E-state index contributed by atoms with van der Waals surface area (Å²) in [7, 11) is 0. The van der Waals surface area contributed by atoms with E-state index < -0.39 is 18.0 Å². The van der Waals surface area contributed by atoms with Gasteiger partial charge in [0.25, 0.3) is 0 Å². The minimum atomic E-state index is -5.92. The zero-order chi connectivity index (χ0) is 15.0. The molecule has 0 fully saturated rings. The largest absolute Gasteiger partial charge is 0.463 e. The van der Waals surface area contributed by atoms with Crippen molar-refractivity contribution in [2.75, 3.05) is 5.32 Å². The molecular formula is C11H9BrF5NO. The molecule has 1 N–H and O–H groups in total. The summed E-state index contributed by atoms with van der Waals surface area (Å²) in [5, 5.41) is 1.57. The lowest BCUT2D eigenvalue weighted by Gasteiger charge is -2.19. The molecule has 106 valence electrons. The quantitative estimate of drug-likeness (QED) is 0.799. The van der Waals surface area contributed by atoms with Crippen LogP contribution in [-0.2, 0) is 4.79 Å². The fourth-order valence-electron chi connectivity index (χ4n) is 1.36. The molecule has 0 aliphatic heterocycles. The minimum absolute atomic E-state index is 0.118. The number of amides is 1. The summed E-state index contributed by atoms with van der Waals surface area (Å²) in [6.07, 6.45) is -5.92. The third kappa shape index (κ3) is 3.23. The first-order chi connectivity index (χ1) is 8.46. The van der Waals surface area contributed by atoms with Gasteiger partial charge >= 0.3 is 18.0 Å². The van der Waals surface area contributed by atoms with Crippen LogP contribution < -0.4 is 5.32 Å². The van der Waals surface area contributed by atoms with E-state index in [4.69, 9.17) is 0 Å². The van der Waals surface area contributed by atoms with Crippen LogP contribution in [0, 0.1) is 13.8 Å². The molecule has 0 heterocycles. The van der Waals surface area contributed by atoms with E-state index in [9.17, 15) is 26.7 Å². The Labute approximate surface area is 114 Å². The predicted molar refractivity (Wildman–Crippen MR) is 63.2 cm³/mol. The lowest BCUT2D eigenvalue weighted by atomic mass is 10.1. The second-order valence-electron chi connectivity index (χ2n) is 3.95. The topological polar surface area (TPSA) is 29.1 Å². The molecule has 0 aliphatic rings. The van der Waals surface area contributed by atoms with E-state index in [1.807, 2.05) is 0 Å². The van der Waals surface area contributed by atoms with E-state index in [-0.39, 0.29) is 5.69 Å². The molecule has 1 aromatic rings. The fraction of sp³-hybridized carbons (Fsp3) is 0.364. The molecule has 8 heteroatoms. The first-order valence-corrected chi connectivity index (χ1v) is 5.79. The number of nitrogens with one attached hydrogen (secondary N) is 1. The van der Waals surface area contributed by atoms with Gasteiger partial charge in [0.2, 0.25) is 0 Å². The first kappa shape index (κ1) is 15.9. The van der Waals surface area contributed by atoms with Crippen LogP contribution >= 0.6 is 15.9 Å². The van der Waals surface area contributed by atoms with Crippen molar-refractivity contribution in [3.05, 3.63) is 27.7 Å². The molecule has 0 saturated carbocycles. The van der Waals surface area contributed by atoms with Gasteiger partial charge in [-0.2, -0.15) is 22.0 Å². The maximum atomic E-state index is 12.7. The van der Waals surface area contributed by atoms with Crippen molar-refractivity contribution in [2.45, 2.75) is 25.9 Å². The number of rotatable bonds is 2. The number of halogens is 6. The van der Waals surface area contributed by atoms with Gasteiger partial charge < -0.3 is 5.32 Å². The van der Waals surface area contributed by atoms with E-state index in [1.54, 1.807) is 19.2 Å². The zero-order valence-electron chi connectivity index (χ0n) is 9.83. The van der Waals surface area contributed by atoms with E-state index in [0.29, 0.717) is 15.6 Å². The van der Waals surface area contributed by atoms with Crippen LogP contribution in [0.15, 0.2) is 16.6 Å². The summed E-state index contributed by atoms with van der Waals surface area (Å²) in [6, 6.07) is 2.59. The third-order valence-corrected chi connectivity index (χ3v) is 3.59. The number of benzene rings is 1. The van der Waals surface area contributed by atoms with Crippen molar-refractivity contribution in [1.29, 1.82) is 0 Å². The van der Waals surface area contributed by atoms with Gasteiger partial charge in [-0.05, 0) is 37.1 Å². The van der Waals surface area contributed by atoms with Gasteiger partial charge in [0.15, 0.2) is 0 Å². The van der Waals surface area contributed by atoms with Crippen molar-refractivity contribution in [3.63, 3.8) is 0 Å². The van der Waals surface area contributed by atoms with Crippen LogP contribution in [0.5, 0.6) is 0 Å². The molecule has 0 unspecified atom stereocenters. The Morgan fingerprint density at radius 3 is 1.89 bits per heavy atom. The molecule has 0 bridgehead atoms. The summed E-state index contributed by atoms with van der Waals surface area (Å²) in [5.74, 6) is -7.83. The fourth-order valence-corrected chi connectivity index (χ4v) is 1.59. The van der Waals surface area contributed by atoms with E-state index in [1.165, 1.54) is 12.1 Å². The molecule has 0 spiro atoms. The zero-order valence-corrected chi connectivity index (χ0v) is 11.4. The maximum absolute atomic E-state index is 12.7. The molecule has 0 saturated heterocycles. The summed E-state index contributed by atoms with van der Waals surface area (Å²) in [5.41, 5.74) is 1.09. The summed E-state index contributed by atoms with van der Waals surface area (Å²) < 4.78 is 62.1. The summed E-state index contributed by atoms with van der Waals surface area (Å²) in [4.78, 5) is 11.0. The van der Waals surface area contributed by atoms with Crippen LogP contribution in [0.4, 0.5) is 27.6 Å². The van der Waals surface area contributed by atoms with Gasteiger partial charge in [0.1, 0.15) is 0 Å².